The van der Waals surface area contributed by atoms with E-state index in [-0.39, 0.29) is 0 Å². The highest BCUT2D eigenvalue weighted by molar-refractivity contribution is 8.01. The van der Waals surface area contributed by atoms with Crippen LogP contribution in [0.4, 0.5) is 0 Å². The molecule has 0 atom stereocenters. The predicted molar refractivity (Wildman–Crippen MR) is 51.3 cm³/mol. The maximum absolute atomic E-state index is 2.23. The van der Waals surface area contributed by atoms with Crippen molar-refractivity contribution in [3.63, 3.8) is 0 Å². The van der Waals surface area contributed by atoms with Crippen molar-refractivity contribution in [1.82, 2.24) is 0 Å². The fourth-order valence-corrected chi connectivity index (χ4v) is 1.28. The zero-order valence-corrected chi connectivity index (χ0v) is 8.09. The van der Waals surface area contributed by atoms with Gasteiger partial charge in [0.25, 0.3) is 0 Å². The average Bonchev–Trinajstić information content (AvgIpc) is 1.86. The summed E-state index contributed by atoms with van der Waals surface area (Å²) in [7, 11) is 0. The minimum atomic E-state index is 1.13. The molecule has 0 aliphatic rings. The van der Waals surface area contributed by atoms with E-state index in [1.54, 1.807) is 11.8 Å². The first-order valence-corrected chi connectivity index (χ1v) is 4.86. The second kappa shape index (κ2) is 5.60. The van der Waals surface area contributed by atoms with Gasteiger partial charge in [0, 0.05) is 0 Å². The van der Waals surface area contributed by atoms with E-state index < -0.39 is 0 Å². The molecule has 58 valence electrons. The Bertz CT molecular complexity index is 139. The summed E-state index contributed by atoms with van der Waals surface area (Å²) in [6.45, 7) is 6.44. The van der Waals surface area contributed by atoms with Crippen molar-refractivity contribution < 1.29 is 0 Å². The molecule has 0 aromatic heterocycles. The van der Waals surface area contributed by atoms with Crippen molar-refractivity contribution >= 4 is 11.8 Å². The lowest BCUT2D eigenvalue weighted by atomic mass is 10.2. The molecule has 0 saturated heterocycles. The van der Waals surface area contributed by atoms with Crippen LogP contribution in [0, 0.1) is 0 Å². The highest BCUT2D eigenvalue weighted by Crippen LogP contribution is 2.10. The minimum absolute atomic E-state index is 1.13. The van der Waals surface area contributed by atoms with Gasteiger partial charge < -0.3 is 0 Å². The van der Waals surface area contributed by atoms with Gasteiger partial charge in [-0.15, -0.1) is 11.8 Å². The molecule has 0 N–H and O–H groups in total. The SMILES string of the molecule is CCC(C=C(C)C)=CSC. The third-order valence-electron chi connectivity index (χ3n) is 1.15. The van der Waals surface area contributed by atoms with Crippen LogP contribution in [0.25, 0.3) is 0 Å². The molecule has 0 aliphatic heterocycles. The van der Waals surface area contributed by atoms with E-state index in [0.29, 0.717) is 0 Å². The summed E-state index contributed by atoms with van der Waals surface area (Å²) in [4.78, 5) is 0. The van der Waals surface area contributed by atoms with Crippen LogP contribution in [0.5, 0.6) is 0 Å². The average molecular weight is 156 g/mol. The van der Waals surface area contributed by atoms with Gasteiger partial charge in [0.1, 0.15) is 0 Å². The monoisotopic (exact) mass is 156 g/mol. The first-order chi connectivity index (χ1) is 4.70. The molecule has 0 aromatic rings. The fraction of sp³-hybridized carbons (Fsp3) is 0.556. The number of hydrogen-bond donors (Lipinski definition) is 0. The van der Waals surface area contributed by atoms with Gasteiger partial charge in [-0.05, 0) is 37.5 Å². The first-order valence-electron chi connectivity index (χ1n) is 3.57. The van der Waals surface area contributed by atoms with Gasteiger partial charge in [-0.3, -0.25) is 0 Å². The van der Waals surface area contributed by atoms with E-state index in [1.807, 2.05) is 0 Å². The van der Waals surface area contributed by atoms with E-state index in [4.69, 9.17) is 0 Å². The molecular formula is C9H16S. The Morgan fingerprint density at radius 2 is 2.00 bits per heavy atom. The molecule has 0 aromatic carbocycles. The van der Waals surface area contributed by atoms with Gasteiger partial charge >= 0.3 is 0 Å². The summed E-state index contributed by atoms with van der Waals surface area (Å²) in [6.07, 6.45) is 5.46. The lowest BCUT2D eigenvalue weighted by Gasteiger charge is -1.96. The normalized spacial score (nSPS) is 11.4. The third kappa shape index (κ3) is 4.68. The lowest BCUT2D eigenvalue weighted by molar-refractivity contribution is 1.14. The van der Waals surface area contributed by atoms with Crippen molar-refractivity contribution in [3.8, 4) is 0 Å². The van der Waals surface area contributed by atoms with Crippen molar-refractivity contribution in [2.45, 2.75) is 27.2 Å². The number of thioether (sulfide) groups is 1. The molecular weight excluding hydrogens is 140 g/mol. The molecule has 0 fully saturated rings. The number of hydrogen-bond acceptors (Lipinski definition) is 1. The molecule has 0 saturated carbocycles. The van der Waals surface area contributed by atoms with Crippen LogP contribution >= 0.6 is 11.8 Å². The lowest BCUT2D eigenvalue weighted by Crippen LogP contribution is -1.74. The van der Waals surface area contributed by atoms with E-state index >= 15 is 0 Å². The Balaban J connectivity index is 4.09. The summed E-state index contributed by atoms with van der Waals surface area (Å²) in [5.74, 6) is 0. The predicted octanol–water partition coefficient (Wildman–Crippen LogP) is 3.61. The van der Waals surface area contributed by atoms with Crippen molar-refractivity contribution in [2.24, 2.45) is 0 Å². The Morgan fingerprint density at radius 1 is 1.40 bits per heavy atom. The Hall–Kier alpha value is -0.170. The molecule has 1 heteroatoms. The number of allylic oxidation sites excluding steroid dienone is 3. The standard InChI is InChI=1S/C9H16S/c1-5-9(7-10-4)6-8(2)3/h6-7H,5H2,1-4H3. The van der Waals surface area contributed by atoms with Crippen molar-refractivity contribution in [2.75, 3.05) is 6.26 Å². The third-order valence-corrected chi connectivity index (χ3v) is 1.69. The van der Waals surface area contributed by atoms with E-state index in [2.05, 4.69) is 38.5 Å². The topological polar surface area (TPSA) is 0 Å². The second-order valence-corrected chi connectivity index (χ2v) is 3.21. The van der Waals surface area contributed by atoms with Crippen molar-refractivity contribution in [3.05, 3.63) is 22.6 Å². The largest absolute Gasteiger partial charge is 0.137 e. The highest BCUT2D eigenvalue weighted by Gasteiger charge is 1.86. The first kappa shape index (κ1) is 9.83. The highest BCUT2D eigenvalue weighted by atomic mass is 32.2. The zero-order chi connectivity index (χ0) is 7.98. The molecule has 0 radical (unpaired) electrons. The maximum atomic E-state index is 2.23. The summed E-state index contributed by atoms with van der Waals surface area (Å²) in [5, 5.41) is 2.20. The van der Waals surface area contributed by atoms with Gasteiger partial charge in [0.2, 0.25) is 0 Å². The van der Waals surface area contributed by atoms with Crippen LogP contribution in [0.15, 0.2) is 22.6 Å². The molecule has 10 heavy (non-hydrogen) atoms. The molecule has 0 amide bonds. The summed E-state index contributed by atoms with van der Waals surface area (Å²) in [5.41, 5.74) is 2.80. The van der Waals surface area contributed by atoms with Crippen LogP contribution in [-0.2, 0) is 0 Å². The van der Waals surface area contributed by atoms with Gasteiger partial charge in [-0.25, -0.2) is 0 Å². The number of rotatable bonds is 3. The minimum Gasteiger partial charge on any atom is -0.137 e. The molecule has 0 spiro atoms. The quantitative estimate of drug-likeness (QED) is 0.562. The van der Waals surface area contributed by atoms with Crippen LogP contribution in [0.2, 0.25) is 0 Å². The zero-order valence-electron chi connectivity index (χ0n) is 7.27. The molecule has 0 heterocycles. The molecule has 0 unspecified atom stereocenters. The summed E-state index contributed by atoms with van der Waals surface area (Å²) >= 11 is 1.77. The van der Waals surface area contributed by atoms with Gasteiger partial charge in [-0.1, -0.05) is 18.6 Å². The molecule has 0 nitrogen and oxygen atoms in total. The fourth-order valence-electron chi connectivity index (χ4n) is 0.742. The second-order valence-electron chi connectivity index (χ2n) is 2.50. The van der Waals surface area contributed by atoms with Gasteiger partial charge in [0.05, 0.1) is 0 Å². The van der Waals surface area contributed by atoms with E-state index in [9.17, 15) is 0 Å². The Morgan fingerprint density at radius 3 is 2.30 bits per heavy atom. The van der Waals surface area contributed by atoms with Crippen LogP contribution in [0.3, 0.4) is 0 Å². The van der Waals surface area contributed by atoms with E-state index in [1.165, 1.54) is 11.1 Å². The molecule has 0 rings (SSSR count). The Kier molecular flexibility index (Phi) is 5.51. The Labute approximate surface area is 68.4 Å². The van der Waals surface area contributed by atoms with Crippen molar-refractivity contribution in [1.29, 1.82) is 0 Å². The smallest absolute Gasteiger partial charge is 0.0142 e. The van der Waals surface area contributed by atoms with Crippen LogP contribution < -0.4 is 0 Å². The van der Waals surface area contributed by atoms with Gasteiger partial charge in [0.15, 0.2) is 0 Å². The molecule has 0 bridgehead atoms. The van der Waals surface area contributed by atoms with Crippen LogP contribution in [-0.4, -0.2) is 6.26 Å². The summed E-state index contributed by atoms with van der Waals surface area (Å²) in [6, 6.07) is 0. The maximum Gasteiger partial charge on any atom is -0.0142 e. The van der Waals surface area contributed by atoms with Gasteiger partial charge in [-0.2, -0.15) is 0 Å². The molecule has 0 aliphatic carbocycles. The van der Waals surface area contributed by atoms with Crippen LogP contribution in [0.1, 0.15) is 27.2 Å². The summed E-state index contributed by atoms with van der Waals surface area (Å²) < 4.78 is 0. The van der Waals surface area contributed by atoms with E-state index in [0.717, 1.165) is 6.42 Å².